The SMILES string of the molecule is CCOc1cc(Cl)c(C(Cl)c2ccc(F)cc2F)cc1Cl. The minimum Gasteiger partial charge on any atom is -0.492 e. The molecular weight excluding hydrogens is 341 g/mol. The van der Waals surface area contributed by atoms with Crippen LogP contribution < -0.4 is 4.74 Å². The third-order valence-corrected chi connectivity index (χ3v) is 3.95. The highest BCUT2D eigenvalue weighted by Crippen LogP contribution is 2.40. The second-order valence-corrected chi connectivity index (χ2v) is 5.52. The Kier molecular flexibility index (Phi) is 5.31. The van der Waals surface area contributed by atoms with Crippen LogP contribution >= 0.6 is 34.8 Å². The van der Waals surface area contributed by atoms with Crippen LogP contribution in [-0.2, 0) is 0 Å². The van der Waals surface area contributed by atoms with Crippen molar-refractivity contribution in [3.63, 3.8) is 0 Å². The van der Waals surface area contributed by atoms with Crippen molar-refractivity contribution in [1.82, 2.24) is 0 Å². The lowest BCUT2D eigenvalue weighted by Gasteiger charge is -2.15. The minimum absolute atomic E-state index is 0.125. The minimum atomic E-state index is -0.883. The predicted molar refractivity (Wildman–Crippen MR) is 81.7 cm³/mol. The van der Waals surface area contributed by atoms with Crippen molar-refractivity contribution in [2.45, 2.75) is 12.3 Å². The summed E-state index contributed by atoms with van der Waals surface area (Å²) in [5.74, 6) is -0.983. The number of hydrogen-bond donors (Lipinski definition) is 0. The zero-order valence-corrected chi connectivity index (χ0v) is 13.2. The average molecular weight is 352 g/mol. The molecular formula is C15H11Cl3F2O. The van der Waals surface area contributed by atoms with Crippen molar-refractivity contribution in [2.24, 2.45) is 0 Å². The molecule has 0 N–H and O–H groups in total. The molecule has 6 heteroatoms. The molecule has 0 amide bonds. The van der Waals surface area contributed by atoms with Gasteiger partial charge >= 0.3 is 0 Å². The average Bonchev–Trinajstić information content (AvgIpc) is 2.42. The van der Waals surface area contributed by atoms with Crippen LogP contribution in [0.1, 0.15) is 23.4 Å². The summed E-state index contributed by atoms with van der Waals surface area (Å²) < 4.78 is 32.1. The van der Waals surface area contributed by atoms with Crippen molar-refractivity contribution in [3.8, 4) is 5.75 Å². The first-order valence-electron chi connectivity index (χ1n) is 6.14. The summed E-state index contributed by atoms with van der Waals surface area (Å²) >= 11 is 18.5. The highest BCUT2D eigenvalue weighted by molar-refractivity contribution is 6.36. The quantitative estimate of drug-likeness (QED) is 0.614. The van der Waals surface area contributed by atoms with E-state index in [9.17, 15) is 8.78 Å². The van der Waals surface area contributed by atoms with Gasteiger partial charge in [0.2, 0.25) is 0 Å². The van der Waals surface area contributed by atoms with Crippen molar-refractivity contribution in [3.05, 3.63) is 63.1 Å². The van der Waals surface area contributed by atoms with Crippen LogP contribution in [0.2, 0.25) is 10.0 Å². The van der Waals surface area contributed by atoms with Gasteiger partial charge in [-0.2, -0.15) is 0 Å². The van der Waals surface area contributed by atoms with Crippen molar-refractivity contribution in [1.29, 1.82) is 0 Å². The monoisotopic (exact) mass is 350 g/mol. The molecule has 1 nitrogen and oxygen atoms in total. The molecule has 1 atom stereocenters. The second kappa shape index (κ2) is 6.82. The van der Waals surface area contributed by atoms with Gasteiger partial charge < -0.3 is 4.74 Å². The smallest absolute Gasteiger partial charge is 0.139 e. The fourth-order valence-corrected chi connectivity index (χ4v) is 2.78. The molecule has 2 aromatic carbocycles. The second-order valence-electron chi connectivity index (χ2n) is 4.27. The highest BCUT2D eigenvalue weighted by Gasteiger charge is 2.20. The van der Waals surface area contributed by atoms with E-state index in [1.54, 1.807) is 0 Å². The molecule has 0 radical (unpaired) electrons. The van der Waals surface area contributed by atoms with Gasteiger partial charge in [0.1, 0.15) is 17.4 Å². The maximum Gasteiger partial charge on any atom is 0.139 e. The van der Waals surface area contributed by atoms with Gasteiger partial charge in [-0.05, 0) is 24.6 Å². The molecule has 1 unspecified atom stereocenters. The topological polar surface area (TPSA) is 9.23 Å². The lowest BCUT2D eigenvalue weighted by molar-refractivity contribution is 0.340. The van der Waals surface area contributed by atoms with E-state index in [1.165, 1.54) is 18.2 Å². The molecule has 0 saturated heterocycles. The molecule has 0 aromatic heterocycles. The van der Waals surface area contributed by atoms with E-state index >= 15 is 0 Å². The molecule has 0 bridgehead atoms. The Bertz CT molecular complexity index is 662. The fraction of sp³-hybridized carbons (Fsp3) is 0.200. The van der Waals surface area contributed by atoms with E-state index in [-0.39, 0.29) is 5.56 Å². The van der Waals surface area contributed by atoms with E-state index in [0.717, 1.165) is 12.1 Å². The van der Waals surface area contributed by atoms with Crippen LogP contribution in [0.4, 0.5) is 8.78 Å². The number of halogens is 5. The third-order valence-electron chi connectivity index (χ3n) is 2.86. The summed E-state index contributed by atoms with van der Waals surface area (Å²) in [4.78, 5) is 0. The predicted octanol–water partition coefficient (Wildman–Crippen LogP) is 6.00. The lowest BCUT2D eigenvalue weighted by atomic mass is 10.0. The van der Waals surface area contributed by atoms with Gasteiger partial charge in [-0.3, -0.25) is 0 Å². The zero-order valence-electron chi connectivity index (χ0n) is 11.0. The summed E-state index contributed by atoms with van der Waals surface area (Å²) in [6.45, 7) is 2.25. The lowest BCUT2D eigenvalue weighted by Crippen LogP contribution is -2.00. The summed E-state index contributed by atoms with van der Waals surface area (Å²) in [5.41, 5.74) is 0.553. The Morgan fingerprint density at radius 1 is 1.05 bits per heavy atom. The first-order valence-corrected chi connectivity index (χ1v) is 7.34. The van der Waals surface area contributed by atoms with Crippen molar-refractivity contribution < 1.29 is 13.5 Å². The Morgan fingerprint density at radius 3 is 2.38 bits per heavy atom. The van der Waals surface area contributed by atoms with Gasteiger partial charge in [-0.25, -0.2) is 8.78 Å². The van der Waals surface area contributed by atoms with E-state index < -0.39 is 17.0 Å². The molecule has 112 valence electrons. The normalized spacial score (nSPS) is 12.3. The van der Waals surface area contributed by atoms with E-state index in [2.05, 4.69) is 0 Å². The third kappa shape index (κ3) is 3.60. The van der Waals surface area contributed by atoms with Gasteiger partial charge in [0.15, 0.2) is 0 Å². The van der Waals surface area contributed by atoms with Crippen molar-refractivity contribution in [2.75, 3.05) is 6.61 Å². The maximum absolute atomic E-state index is 13.8. The molecule has 0 saturated carbocycles. The summed E-state index contributed by atoms with van der Waals surface area (Å²) in [6.07, 6.45) is 0. The first-order chi connectivity index (χ1) is 9.93. The number of ether oxygens (including phenoxy) is 1. The number of rotatable bonds is 4. The summed E-state index contributed by atoms with van der Waals surface area (Å²) in [7, 11) is 0. The molecule has 0 fully saturated rings. The number of alkyl halides is 1. The van der Waals surface area contributed by atoms with E-state index in [1.807, 2.05) is 6.92 Å². The largest absolute Gasteiger partial charge is 0.492 e. The highest BCUT2D eigenvalue weighted by atomic mass is 35.5. The van der Waals surface area contributed by atoms with Crippen LogP contribution in [0.5, 0.6) is 5.75 Å². The number of benzene rings is 2. The van der Waals surface area contributed by atoms with Gasteiger partial charge in [0.25, 0.3) is 0 Å². The molecule has 2 aromatic rings. The number of hydrogen-bond acceptors (Lipinski definition) is 1. The van der Waals surface area contributed by atoms with Crippen LogP contribution in [-0.4, -0.2) is 6.61 Å². The standard InChI is InChI=1S/C15H11Cl3F2O/c1-2-21-14-7-11(16)10(6-12(14)17)15(18)9-4-3-8(19)5-13(9)20/h3-7,15H,2H2,1H3. The Balaban J connectivity index is 2.43. The fourth-order valence-electron chi connectivity index (χ4n) is 1.88. The van der Waals surface area contributed by atoms with Gasteiger partial charge in [-0.1, -0.05) is 29.3 Å². The molecule has 0 aliphatic heterocycles. The Morgan fingerprint density at radius 2 is 1.76 bits per heavy atom. The van der Waals surface area contributed by atoms with Crippen molar-refractivity contribution >= 4 is 34.8 Å². The van der Waals surface area contributed by atoms with E-state index in [0.29, 0.717) is 28.0 Å². The summed E-state index contributed by atoms with van der Waals surface area (Å²) in [6, 6.07) is 6.24. The van der Waals surface area contributed by atoms with Gasteiger partial charge in [0, 0.05) is 22.7 Å². The van der Waals surface area contributed by atoms with Gasteiger partial charge in [0.05, 0.1) is 17.0 Å². The zero-order chi connectivity index (χ0) is 15.6. The molecule has 0 aliphatic rings. The molecule has 0 heterocycles. The van der Waals surface area contributed by atoms with Gasteiger partial charge in [-0.15, -0.1) is 11.6 Å². The molecule has 0 spiro atoms. The van der Waals surface area contributed by atoms with Crippen LogP contribution in [0.3, 0.4) is 0 Å². The first kappa shape index (κ1) is 16.3. The summed E-state index contributed by atoms with van der Waals surface area (Å²) in [5, 5.41) is -0.262. The van der Waals surface area contributed by atoms with E-state index in [4.69, 9.17) is 39.5 Å². The Hall–Kier alpha value is -1.03. The maximum atomic E-state index is 13.8. The van der Waals surface area contributed by atoms with Crippen LogP contribution in [0.15, 0.2) is 30.3 Å². The van der Waals surface area contributed by atoms with Crippen LogP contribution in [0.25, 0.3) is 0 Å². The molecule has 0 aliphatic carbocycles. The Labute approximate surface area is 136 Å². The van der Waals surface area contributed by atoms with Crippen LogP contribution in [0, 0.1) is 11.6 Å². The molecule has 2 rings (SSSR count). The molecule has 21 heavy (non-hydrogen) atoms.